The lowest BCUT2D eigenvalue weighted by molar-refractivity contribution is -0.120. The fraction of sp³-hybridized carbons (Fsp3) is 0.667. The highest BCUT2D eigenvalue weighted by Crippen LogP contribution is 2.60. The Hall–Kier alpha value is -2.31. The van der Waals surface area contributed by atoms with E-state index in [9.17, 15) is 14.4 Å². The first kappa shape index (κ1) is 22.0. The maximum absolute atomic E-state index is 13.4. The SMILES string of the molecule is CCCCn1c(N)c(N(CCC)C(=O)[C@@H]2[C@H](C=C(C)C)C2(C)C)c(=O)[nH]c1=O. The number of hydrogen-bond donors (Lipinski definition) is 2. The summed E-state index contributed by atoms with van der Waals surface area (Å²) in [6.45, 7) is 12.9. The molecule has 1 heterocycles. The van der Waals surface area contributed by atoms with Crippen molar-refractivity contribution in [3.63, 3.8) is 0 Å². The standard InChI is InChI=1S/C21H34N4O3/c1-7-9-11-25-17(22)16(18(26)23-20(25)28)24(10-8-2)19(27)15-14(12-13(3)4)21(15,5)6/h12,14-15H,7-11,22H2,1-6H3,(H,23,26,28)/t14-,15-/m0/s1. The summed E-state index contributed by atoms with van der Waals surface area (Å²) in [5.74, 6) is -0.104. The molecule has 1 aromatic heterocycles. The van der Waals surface area contributed by atoms with Crippen LogP contribution < -0.4 is 21.9 Å². The van der Waals surface area contributed by atoms with Gasteiger partial charge in [-0.15, -0.1) is 0 Å². The molecule has 1 aromatic rings. The third kappa shape index (κ3) is 4.08. The maximum atomic E-state index is 13.4. The van der Waals surface area contributed by atoms with Crippen LogP contribution >= 0.6 is 0 Å². The number of amides is 1. The van der Waals surface area contributed by atoms with E-state index in [0.29, 0.717) is 19.5 Å². The molecule has 1 aliphatic carbocycles. The van der Waals surface area contributed by atoms with Crippen LogP contribution in [-0.2, 0) is 11.3 Å². The number of H-pyrrole nitrogens is 1. The van der Waals surface area contributed by atoms with Gasteiger partial charge in [0.25, 0.3) is 5.56 Å². The van der Waals surface area contributed by atoms with E-state index in [1.54, 1.807) is 0 Å². The second-order valence-corrected chi connectivity index (χ2v) is 8.56. The van der Waals surface area contributed by atoms with Gasteiger partial charge in [0, 0.05) is 13.1 Å². The Kier molecular flexibility index (Phi) is 6.57. The van der Waals surface area contributed by atoms with Crippen LogP contribution in [0.1, 0.15) is 60.8 Å². The molecule has 7 heteroatoms. The van der Waals surface area contributed by atoms with Crippen molar-refractivity contribution < 1.29 is 4.79 Å². The van der Waals surface area contributed by atoms with Gasteiger partial charge in [-0.3, -0.25) is 19.1 Å². The molecule has 0 unspecified atom stereocenters. The summed E-state index contributed by atoms with van der Waals surface area (Å²) >= 11 is 0. The fourth-order valence-corrected chi connectivity index (χ4v) is 3.92. The number of rotatable bonds is 8. The minimum Gasteiger partial charge on any atom is -0.383 e. The van der Waals surface area contributed by atoms with Crippen molar-refractivity contribution in [1.82, 2.24) is 9.55 Å². The molecule has 1 fully saturated rings. The topological polar surface area (TPSA) is 101 Å². The van der Waals surface area contributed by atoms with Crippen molar-refractivity contribution in [1.29, 1.82) is 0 Å². The smallest absolute Gasteiger partial charge is 0.330 e. The van der Waals surface area contributed by atoms with E-state index >= 15 is 0 Å². The number of anilines is 2. The summed E-state index contributed by atoms with van der Waals surface area (Å²) in [4.78, 5) is 42.1. The zero-order valence-corrected chi connectivity index (χ0v) is 18.0. The molecule has 1 amide bonds. The third-order valence-electron chi connectivity index (χ3n) is 5.62. The predicted octanol–water partition coefficient (Wildman–Crippen LogP) is 2.90. The van der Waals surface area contributed by atoms with E-state index < -0.39 is 11.2 Å². The van der Waals surface area contributed by atoms with Crippen molar-refractivity contribution in [3.05, 3.63) is 32.5 Å². The Morgan fingerprint density at radius 1 is 1.25 bits per heavy atom. The number of nitrogen functional groups attached to an aromatic ring is 1. The van der Waals surface area contributed by atoms with Gasteiger partial charge in [-0.2, -0.15) is 0 Å². The largest absolute Gasteiger partial charge is 0.383 e. The third-order valence-corrected chi connectivity index (χ3v) is 5.62. The van der Waals surface area contributed by atoms with Crippen LogP contribution in [0.25, 0.3) is 0 Å². The molecule has 2 atom stereocenters. The number of nitrogens with two attached hydrogens (primary N) is 1. The number of aromatic nitrogens is 2. The normalized spacial score (nSPS) is 19.9. The van der Waals surface area contributed by atoms with Crippen molar-refractivity contribution in [2.45, 2.75) is 67.3 Å². The summed E-state index contributed by atoms with van der Waals surface area (Å²) in [6, 6.07) is 0. The molecule has 0 aliphatic heterocycles. The van der Waals surface area contributed by atoms with Crippen molar-refractivity contribution >= 4 is 17.4 Å². The second kappa shape index (κ2) is 8.37. The molecule has 0 bridgehead atoms. The summed E-state index contributed by atoms with van der Waals surface area (Å²) in [6.07, 6.45) is 4.45. The van der Waals surface area contributed by atoms with Gasteiger partial charge in [0.05, 0.1) is 5.92 Å². The van der Waals surface area contributed by atoms with Crippen LogP contribution in [0.4, 0.5) is 11.5 Å². The molecular weight excluding hydrogens is 356 g/mol. The van der Waals surface area contributed by atoms with Crippen molar-refractivity contribution in [2.24, 2.45) is 17.3 Å². The van der Waals surface area contributed by atoms with Crippen LogP contribution in [0.5, 0.6) is 0 Å². The highest BCUT2D eigenvalue weighted by molar-refractivity contribution is 5.99. The minimum absolute atomic E-state index is 0.0706. The van der Waals surface area contributed by atoms with E-state index in [1.165, 1.54) is 15.0 Å². The van der Waals surface area contributed by atoms with Gasteiger partial charge in [0.15, 0.2) is 5.69 Å². The predicted molar refractivity (Wildman–Crippen MR) is 113 cm³/mol. The maximum Gasteiger partial charge on any atom is 0.330 e. The quantitative estimate of drug-likeness (QED) is 0.666. The van der Waals surface area contributed by atoms with Crippen LogP contribution in [-0.4, -0.2) is 22.0 Å². The first-order chi connectivity index (χ1) is 13.1. The molecule has 2 rings (SSSR count). The lowest BCUT2D eigenvalue weighted by Crippen LogP contribution is -2.42. The molecule has 0 radical (unpaired) electrons. The van der Waals surface area contributed by atoms with Crippen LogP contribution in [0, 0.1) is 17.3 Å². The van der Waals surface area contributed by atoms with Gasteiger partial charge in [-0.05, 0) is 38.0 Å². The van der Waals surface area contributed by atoms with E-state index in [4.69, 9.17) is 5.73 Å². The first-order valence-electron chi connectivity index (χ1n) is 10.2. The molecule has 0 saturated heterocycles. The van der Waals surface area contributed by atoms with E-state index in [0.717, 1.165) is 12.8 Å². The van der Waals surface area contributed by atoms with Crippen LogP contribution in [0.3, 0.4) is 0 Å². The van der Waals surface area contributed by atoms with Crippen LogP contribution in [0.2, 0.25) is 0 Å². The Morgan fingerprint density at radius 2 is 1.89 bits per heavy atom. The lowest BCUT2D eigenvalue weighted by Gasteiger charge is -2.25. The molecule has 3 N–H and O–H groups in total. The number of carbonyl (C=O) groups is 1. The van der Waals surface area contributed by atoms with E-state index in [-0.39, 0.29) is 34.7 Å². The average molecular weight is 391 g/mol. The molecule has 7 nitrogen and oxygen atoms in total. The van der Waals surface area contributed by atoms with E-state index in [2.05, 4.69) is 24.9 Å². The van der Waals surface area contributed by atoms with Gasteiger partial charge < -0.3 is 10.6 Å². The van der Waals surface area contributed by atoms with Gasteiger partial charge in [0.1, 0.15) is 5.82 Å². The van der Waals surface area contributed by atoms with Crippen molar-refractivity contribution in [2.75, 3.05) is 17.2 Å². The second-order valence-electron chi connectivity index (χ2n) is 8.56. The Labute approximate surface area is 166 Å². The summed E-state index contributed by atoms with van der Waals surface area (Å²) in [5.41, 5.74) is 6.20. The van der Waals surface area contributed by atoms with Gasteiger partial charge in [-0.25, -0.2) is 4.79 Å². The summed E-state index contributed by atoms with van der Waals surface area (Å²) in [5, 5.41) is 0. The molecule has 0 spiro atoms. The number of nitrogens with zero attached hydrogens (tertiary/aromatic N) is 2. The Morgan fingerprint density at radius 3 is 2.43 bits per heavy atom. The number of nitrogens with one attached hydrogen (secondary N) is 1. The zero-order valence-electron chi connectivity index (χ0n) is 18.0. The number of carbonyl (C=O) groups excluding carboxylic acids is 1. The van der Waals surface area contributed by atoms with Gasteiger partial charge in [0.2, 0.25) is 5.91 Å². The van der Waals surface area contributed by atoms with E-state index in [1.807, 2.05) is 27.7 Å². The monoisotopic (exact) mass is 390 g/mol. The molecule has 0 aromatic carbocycles. The number of hydrogen-bond acceptors (Lipinski definition) is 4. The number of aromatic amines is 1. The highest BCUT2D eigenvalue weighted by Gasteiger charge is 2.61. The Bertz CT molecular complexity index is 875. The van der Waals surface area contributed by atoms with Crippen molar-refractivity contribution in [3.8, 4) is 0 Å². The first-order valence-corrected chi connectivity index (χ1v) is 10.2. The van der Waals surface area contributed by atoms with Gasteiger partial charge in [-0.1, -0.05) is 45.8 Å². The van der Waals surface area contributed by atoms with Crippen LogP contribution in [0.15, 0.2) is 21.2 Å². The molecule has 156 valence electrons. The summed E-state index contributed by atoms with van der Waals surface area (Å²) in [7, 11) is 0. The number of allylic oxidation sites excluding steroid dienone is 2. The summed E-state index contributed by atoms with van der Waals surface area (Å²) < 4.78 is 1.36. The molecular formula is C21H34N4O3. The molecule has 28 heavy (non-hydrogen) atoms. The number of unbranched alkanes of at least 4 members (excludes halogenated alkanes) is 1. The van der Waals surface area contributed by atoms with Gasteiger partial charge >= 0.3 is 5.69 Å². The fourth-order valence-electron chi connectivity index (χ4n) is 3.92. The zero-order chi connectivity index (χ0) is 21.2. The average Bonchev–Trinajstić information content (AvgIpc) is 3.12. The Balaban J connectivity index is 2.50. The minimum atomic E-state index is -0.603. The lowest BCUT2D eigenvalue weighted by atomic mass is 10.1. The molecule has 1 saturated carbocycles. The highest BCUT2D eigenvalue weighted by atomic mass is 16.2. The molecule has 1 aliphatic rings.